The molecule has 1 N–H and O–H groups in total. The Kier molecular flexibility index (Phi) is 6.31. The first-order valence-electron chi connectivity index (χ1n) is 7.45. The molecule has 0 aliphatic rings. The van der Waals surface area contributed by atoms with Crippen molar-refractivity contribution >= 4 is 29.1 Å². The van der Waals surface area contributed by atoms with Gasteiger partial charge in [-0.05, 0) is 42.7 Å². The molecule has 0 spiro atoms. The van der Waals surface area contributed by atoms with Gasteiger partial charge in [0.1, 0.15) is 5.75 Å². The summed E-state index contributed by atoms with van der Waals surface area (Å²) in [4.78, 5) is 12.3. The Hall–Kier alpha value is -1.71. The lowest BCUT2D eigenvalue weighted by Gasteiger charge is -2.18. The summed E-state index contributed by atoms with van der Waals surface area (Å²) in [6, 6.07) is 12.8. The van der Waals surface area contributed by atoms with E-state index in [2.05, 4.69) is 5.32 Å². The maximum atomic E-state index is 12.3. The highest BCUT2D eigenvalue weighted by atomic mass is 35.5. The molecule has 122 valence electrons. The fraction of sp³-hybridized carbons (Fsp3) is 0.278. The monoisotopic (exact) mass is 351 g/mol. The lowest BCUT2D eigenvalue weighted by Crippen LogP contribution is -2.37. The van der Waals surface area contributed by atoms with Crippen LogP contribution in [0.3, 0.4) is 0 Å². The van der Waals surface area contributed by atoms with Crippen LogP contribution < -0.4 is 10.1 Å². The molecule has 2 aromatic rings. The summed E-state index contributed by atoms with van der Waals surface area (Å²) in [7, 11) is 0. The average molecular weight is 352 g/mol. The van der Waals surface area contributed by atoms with Crippen LogP contribution in [-0.2, 0) is 11.3 Å². The molecule has 0 fully saturated rings. The van der Waals surface area contributed by atoms with E-state index in [1.54, 1.807) is 18.2 Å². The number of hydrogen-bond acceptors (Lipinski definition) is 2. The maximum absolute atomic E-state index is 12.3. The Morgan fingerprint density at radius 2 is 1.96 bits per heavy atom. The van der Waals surface area contributed by atoms with E-state index in [1.807, 2.05) is 38.1 Å². The number of aryl methyl sites for hydroxylation is 1. The number of ether oxygens (including phenoxy) is 1. The number of para-hydroxylation sites is 1. The summed E-state index contributed by atoms with van der Waals surface area (Å²) < 4.78 is 5.83. The van der Waals surface area contributed by atoms with Gasteiger partial charge in [-0.25, -0.2) is 0 Å². The predicted molar refractivity (Wildman–Crippen MR) is 94.2 cm³/mol. The van der Waals surface area contributed by atoms with E-state index in [-0.39, 0.29) is 5.91 Å². The molecule has 1 unspecified atom stereocenters. The van der Waals surface area contributed by atoms with Crippen molar-refractivity contribution in [1.82, 2.24) is 5.32 Å². The molecule has 0 aliphatic heterocycles. The molecule has 0 bridgehead atoms. The summed E-state index contributed by atoms with van der Waals surface area (Å²) in [5.41, 5.74) is 1.81. The SMILES string of the molecule is CCC(Oc1ccccc1C)C(=O)NCc1ccc(Cl)cc1Cl. The second-order valence-corrected chi connectivity index (χ2v) is 6.08. The van der Waals surface area contributed by atoms with Crippen molar-refractivity contribution in [3.63, 3.8) is 0 Å². The second-order valence-electron chi connectivity index (χ2n) is 5.23. The highest BCUT2D eigenvalue weighted by molar-refractivity contribution is 6.35. The minimum Gasteiger partial charge on any atom is -0.480 e. The molecule has 5 heteroatoms. The smallest absolute Gasteiger partial charge is 0.261 e. The quantitative estimate of drug-likeness (QED) is 0.813. The predicted octanol–water partition coefficient (Wildman–Crippen LogP) is 4.78. The summed E-state index contributed by atoms with van der Waals surface area (Å²) in [6.07, 6.45) is 0.0382. The molecule has 0 radical (unpaired) electrons. The Morgan fingerprint density at radius 3 is 2.61 bits per heavy atom. The molecule has 0 heterocycles. The third kappa shape index (κ3) is 4.88. The van der Waals surface area contributed by atoms with E-state index >= 15 is 0 Å². The maximum Gasteiger partial charge on any atom is 0.261 e. The van der Waals surface area contributed by atoms with E-state index in [9.17, 15) is 4.79 Å². The van der Waals surface area contributed by atoms with Crippen molar-refractivity contribution in [2.75, 3.05) is 0 Å². The van der Waals surface area contributed by atoms with Crippen LogP contribution in [0.5, 0.6) is 5.75 Å². The molecular formula is C18H19Cl2NO2. The third-order valence-corrected chi connectivity index (χ3v) is 4.08. The summed E-state index contributed by atoms with van der Waals surface area (Å²) in [6.45, 7) is 4.20. The molecule has 0 aliphatic carbocycles. The van der Waals surface area contributed by atoms with Crippen LogP contribution >= 0.6 is 23.2 Å². The van der Waals surface area contributed by atoms with Gasteiger partial charge in [-0.15, -0.1) is 0 Å². The fourth-order valence-corrected chi connectivity index (χ4v) is 2.60. The number of carbonyl (C=O) groups is 1. The lowest BCUT2D eigenvalue weighted by atomic mass is 10.2. The summed E-state index contributed by atoms with van der Waals surface area (Å²) in [5, 5.41) is 3.96. The van der Waals surface area contributed by atoms with E-state index in [0.717, 1.165) is 16.9 Å². The van der Waals surface area contributed by atoms with Crippen molar-refractivity contribution in [1.29, 1.82) is 0 Å². The van der Waals surface area contributed by atoms with Gasteiger partial charge in [-0.2, -0.15) is 0 Å². The Labute approximate surface area is 146 Å². The van der Waals surface area contributed by atoms with Crippen LogP contribution in [0.4, 0.5) is 0 Å². The first kappa shape index (κ1) is 17.6. The fourth-order valence-electron chi connectivity index (χ4n) is 2.13. The van der Waals surface area contributed by atoms with Crippen molar-refractivity contribution in [3.05, 3.63) is 63.6 Å². The molecule has 0 saturated heterocycles. The van der Waals surface area contributed by atoms with Crippen molar-refractivity contribution in [3.8, 4) is 5.75 Å². The number of nitrogens with one attached hydrogen (secondary N) is 1. The Morgan fingerprint density at radius 1 is 1.22 bits per heavy atom. The van der Waals surface area contributed by atoms with Crippen molar-refractivity contribution < 1.29 is 9.53 Å². The van der Waals surface area contributed by atoms with Crippen molar-refractivity contribution in [2.45, 2.75) is 32.9 Å². The van der Waals surface area contributed by atoms with E-state index in [1.165, 1.54) is 0 Å². The molecule has 1 amide bonds. The van der Waals surface area contributed by atoms with Gasteiger partial charge in [0.05, 0.1) is 0 Å². The zero-order chi connectivity index (χ0) is 16.8. The standard InChI is InChI=1S/C18H19Cl2NO2/c1-3-16(23-17-7-5-4-6-12(17)2)18(22)21-11-13-8-9-14(19)10-15(13)20/h4-10,16H,3,11H2,1-2H3,(H,21,22). The van der Waals surface area contributed by atoms with Crippen LogP contribution in [-0.4, -0.2) is 12.0 Å². The van der Waals surface area contributed by atoms with Crippen LogP contribution in [0.1, 0.15) is 24.5 Å². The molecule has 0 saturated carbocycles. The van der Waals surface area contributed by atoms with Gasteiger partial charge in [0.15, 0.2) is 6.10 Å². The third-order valence-electron chi connectivity index (χ3n) is 3.49. The zero-order valence-electron chi connectivity index (χ0n) is 13.1. The average Bonchev–Trinajstić information content (AvgIpc) is 2.53. The Balaban J connectivity index is 1.99. The Bertz CT molecular complexity index is 688. The van der Waals surface area contributed by atoms with Gasteiger partial charge in [0, 0.05) is 16.6 Å². The van der Waals surface area contributed by atoms with Gasteiger partial charge < -0.3 is 10.1 Å². The molecule has 23 heavy (non-hydrogen) atoms. The molecule has 1 atom stereocenters. The zero-order valence-corrected chi connectivity index (χ0v) is 14.6. The minimum atomic E-state index is -0.540. The molecular weight excluding hydrogens is 333 g/mol. The summed E-state index contributed by atoms with van der Waals surface area (Å²) >= 11 is 12.0. The summed E-state index contributed by atoms with van der Waals surface area (Å²) in [5.74, 6) is 0.556. The topological polar surface area (TPSA) is 38.3 Å². The molecule has 3 nitrogen and oxygen atoms in total. The van der Waals surface area contributed by atoms with Crippen LogP contribution in [0.25, 0.3) is 0 Å². The number of carbonyl (C=O) groups excluding carboxylic acids is 1. The number of benzene rings is 2. The molecule has 2 rings (SSSR count). The van der Waals surface area contributed by atoms with Crippen LogP contribution in [0.15, 0.2) is 42.5 Å². The second kappa shape index (κ2) is 8.23. The highest BCUT2D eigenvalue weighted by Crippen LogP contribution is 2.21. The number of halogens is 2. The number of rotatable bonds is 6. The van der Waals surface area contributed by atoms with Gasteiger partial charge in [0.2, 0.25) is 0 Å². The van der Waals surface area contributed by atoms with Gasteiger partial charge in [-0.3, -0.25) is 4.79 Å². The van der Waals surface area contributed by atoms with Crippen LogP contribution in [0.2, 0.25) is 10.0 Å². The first-order chi connectivity index (χ1) is 11.0. The first-order valence-corrected chi connectivity index (χ1v) is 8.20. The van der Waals surface area contributed by atoms with Gasteiger partial charge >= 0.3 is 0 Å². The van der Waals surface area contributed by atoms with Crippen molar-refractivity contribution in [2.24, 2.45) is 0 Å². The van der Waals surface area contributed by atoms with E-state index in [0.29, 0.717) is 23.0 Å². The van der Waals surface area contributed by atoms with Gasteiger partial charge in [-0.1, -0.05) is 54.4 Å². The number of amides is 1. The van der Waals surface area contributed by atoms with E-state index < -0.39 is 6.10 Å². The molecule has 0 aromatic heterocycles. The number of hydrogen-bond donors (Lipinski definition) is 1. The largest absolute Gasteiger partial charge is 0.480 e. The van der Waals surface area contributed by atoms with Crippen LogP contribution in [0, 0.1) is 6.92 Å². The van der Waals surface area contributed by atoms with Gasteiger partial charge in [0.25, 0.3) is 5.91 Å². The minimum absolute atomic E-state index is 0.165. The van der Waals surface area contributed by atoms with E-state index in [4.69, 9.17) is 27.9 Å². The molecule has 2 aromatic carbocycles. The normalized spacial score (nSPS) is 11.8. The lowest BCUT2D eigenvalue weighted by molar-refractivity contribution is -0.128. The highest BCUT2D eigenvalue weighted by Gasteiger charge is 2.19.